The maximum absolute atomic E-state index is 12.0. The number of rotatable bonds is 9. The minimum Gasteiger partial charge on any atom is -0.492 e. The third kappa shape index (κ3) is 6.87. The Morgan fingerprint density at radius 1 is 1.25 bits per heavy atom. The molecule has 2 aromatic rings. The second-order valence-electron chi connectivity index (χ2n) is 6.68. The van der Waals surface area contributed by atoms with E-state index in [9.17, 15) is 4.79 Å². The molecule has 0 atom stereocenters. The number of thioether (sulfide) groups is 1. The number of aryl methyl sites for hydroxylation is 1. The van der Waals surface area contributed by atoms with E-state index in [1.54, 1.807) is 18.2 Å². The molecule has 0 saturated heterocycles. The van der Waals surface area contributed by atoms with Gasteiger partial charge in [0.15, 0.2) is 0 Å². The zero-order chi connectivity index (χ0) is 19.8. The number of carbonyl (C=O) groups excluding carboxylic acids is 1. The van der Waals surface area contributed by atoms with Crippen LogP contribution in [0.25, 0.3) is 0 Å². The Kier molecular flexibility index (Phi) is 8.30. The van der Waals surface area contributed by atoms with Crippen LogP contribution in [-0.2, 0) is 11.2 Å². The van der Waals surface area contributed by atoms with Gasteiger partial charge in [0.25, 0.3) is 5.22 Å². The highest BCUT2D eigenvalue weighted by molar-refractivity contribution is 7.99. The Balaban J connectivity index is 1.34. The second kappa shape index (κ2) is 10.9. The van der Waals surface area contributed by atoms with Gasteiger partial charge in [-0.15, -0.1) is 10.2 Å². The van der Waals surface area contributed by atoms with Crippen LogP contribution in [0.4, 0.5) is 0 Å². The van der Waals surface area contributed by atoms with E-state index in [2.05, 4.69) is 15.5 Å². The van der Waals surface area contributed by atoms with Crippen LogP contribution in [0.5, 0.6) is 5.75 Å². The van der Waals surface area contributed by atoms with E-state index in [1.165, 1.54) is 31.0 Å². The average molecular weight is 444 g/mol. The van der Waals surface area contributed by atoms with Crippen molar-refractivity contribution in [3.8, 4) is 5.75 Å². The van der Waals surface area contributed by atoms with Crippen LogP contribution < -0.4 is 10.1 Å². The quantitative estimate of drug-likeness (QED) is 0.437. The van der Waals surface area contributed by atoms with Gasteiger partial charge in [0.05, 0.1) is 17.4 Å². The van der Waals surface area contributed by atoms with E-state index in [-0.39, 0.29) is 11.7 Å². The van der Waals surface area contributed by atoms with Crippen molar-refractivity contribution in [1.29, 1.82) is 0 Å². The number of nitrogens with zero attached hydrogens (tertiary/aromatic N) is 2. The third-order valence-corrected chi connectivity index (χ3v) is 5.78. The number of carbonyl (C=O) groups is 1. The van der Waals surface area contributed by atoms with Gasteiger partial charge >= 0.3 is 0 Å². The molecule has 1 saturated carbocycles. The normalized spacial score (nSPS) is 14.8. The van der Waals surface area contributed by atoms with Gasteiger partial charge in [0.2, 0.25) is 11.8 Å². The summed E-state index contributed by atoms with van der Waals surface area (Å²) in [5.41, 5.74) is 0. The highest BCUT2D eigenvalue weighted by Gasteiger charge is 2.16. The number of benzene rings is 1. The van der Waals surface area contributed by atoms with Gasteiger partial charge in [0, 0.05) is 17.5 Å². The second-order valence-corrected chi connectivity index (χ2v) is 8.45. The number of amides is 1. The fraction of sp³-hybridized carbons (Fsp3) is 0.526. The molecule has 1 heterocycles. The fourth-order valence-electron chi connectivity index (χ4n) is 3.04. The van der Waals surface area contributed by atoms with Gasteiger partial charge in [-0.3, -0.25) is 4.79 Å². The van der Waals surface area contributed by atoms with Crippen molar-refractivity contribution in [2.75, 3.05) is 12.4 Å². The summed E-state index contributed by atoms with van der Waals surface area (Å²) in [5, 5.41) is 12.5. The van der Waals surface area contributed by atoms with Gasteiger partial charge in [0.1, 0.15) is 5.75 Å². The predicted octanol–water partition coefficient (Wildman–Crippen LogP) is 4.93. The summed E-state index contributed by atoms with van der Waals surface area (Å²) in [6.07, 6.45) is 7.09. The first-order valence-electron chi connectivity index (χ1n) is 9.42. The summed E-state index contributed by atoms with van der Waals surface area (Å²) in [5.74, 6) is 1.43. The number of aromatic nitrogens is 2. The van der Waals surface area contributed by atoms with Crippen molar-refractivity contribution in [3.05, 3.63) is 34.1 Å². The zero-order valence-electron chi connectivity index (χ0n) is 15.5. The van der Waals surface area contributed by atoms with Crippen LogP contribution >= 0.6 is 35.0 Å². The lowest BCUT2D eigenvalue weighted by Crippen LogP contribution is -2.37. The topological polar surface area (TPSA) is 77.2 Å². The molecule has 1 aromatic carbocycles. The molecule has 1 aliphatic carbocycles. The smallest absolute Gasteiger partial charge is 0.277 e. The van der Waals surface area contributed by atoms with E-state index >= 15 is 0 Å². The van der Waals surface area contributed by atoms with Crippen molar-refractivity contribution in [3.63, 3.8) is 0 Å². The Morgan fingerprint density at radius 2 is 2.07 bits per heavy atom. The van der Waals surface area contributed by atoms with Gasteiger partial charge in [-0.25, -0.2) is 0 Å². The number of ether oxygens (including phenoxy) is 1. The van der Waals surface area contributed by atoms with Crippen molar-refractivity contribution < 1.29 is 13.9 Å². The first-order valence-corrected chi connectivity index (χ1v) is 11.2. The van der Waals surface area contributed by atoms with E-state index in [4.69, 9.17) is 32.4 Å². The van der Waals surface area contributed by atoms with E-state index in [0.29, 0.717) is 52.4 Å². The lowest BCUT2D eigenvalue weighted by atomic mass is 9.95. The largest absolute Gasteiger partial charge is 0.492 e. The Hall–Kier alpha value is -1.44. The maximum Gasteiger partial charge on any atom is 0.277 e. The molecule has 0 spiro atoms. The Labute approximate surface area is 178 Å². The van der Waals surface area contributed by atoms with Crippen LogP contribution in [0.2, 0.25) is 10.0 Å². The standard InChI is InChI=1S/C19H23Cl2N3O3S/c20-13-8-9-16(15(21)11-13)26-10-4-7-18-23-24-19(27-18)28-12-17(25)22-14-5-2-1-3-6-14/h8-9,11,14H,1-7,10,12H2,(H,22,25). The molecule has 9 heteroatoms. The minimum atomic E-state index is 0.0184. The molecular formula is C19H23Cl2N3O3S. The molecule has 1 N–H and O–H groups in total. The molecule has 28 heavy (non-hydrogen) atoms. The van der Waals surface area contributed by atoms with Crippen LogP contribution in [0.1, 0.15) is 44.4 Å². The molecule has 1 aliphatic rings. The van der Waals surface area contributed by atoms with E-state index < -0.39 is 0 Å². The van der Waals surface area contributed by atoms with Crippen molar-refractivity contribution in [2.45, 2.75) is 56.2 Å². The molecule has 6 nitrogen and oxygen atoms in total. The predicted molar refractivity (Wildman–Crippen MR) is 110 cm³/mol. The molecule has 1 fully saturated rings. The number of nitrogens with one attached hydrogen (secondary N) is 1. The number of hydrogen-bond acceptors (Lipinski definition) is 6. The van der Waals surface area contributed by atoms with Crippen molar-refractivity contribution >= 4 is 40.9 Å². The monoisotopic (exact) mass is 443 g/mol. The van der Waals surface area contributed by atoms with Crippen LogP contribution in [0.15, 0.2) is 27.8 Å². The molecule has 1 amide bonds. The van der Waals surface area contributed by atoms with Gasteiger partial charge < -0.3 is 14.5 Å². The SMILES string of the molecule is O=C(CSc1nnc(CCCOc2ccc(Cl)cc2Cl)o1)NC1CCCCC1. The summed E-state index contributed by atoms with van der Waals surface area (Å²) < 4.78 is 11.2. The van der Waals surface area contributed by atoms with Crippen molar-refractivity contribution in [2.24, 2.45) is 0 Å². The first-order chi connectivity index (χ1) is 13.6. The molecule has 0 bridgehead atoms. The van der Waals surface area contributed by atoms with Gasteiger partial charge in [-0.1, -0.05) is 54.2 Å². The summed E-state index contributed by atoms with van der Waals surface area (Å²) in [6.45, 7) is 0.468. The number of hydrogen-bond donors (Lipinski definition) is 1. The summed E-state index contributed by atoms with van der Waals surface area (Å²) in [4.78, 5) is 12.0. The molecule has 3 rings (SSSR count). The highest BCUT2D eigenvalue weighted by Crippen LogP contribution is 2.27. The van der Waals surface area contributed by atoms with E-state index in [1.807, 2.05) is 0 Å². The number of halogens is 2. The molecule has 152 valence electrons. The first kappa shape index (κ1) is 21.3. The van der Waals surface area contributed by atoms with Crippen LogP contribution in [0, 0.1) is 0 Å². The molecule has 0 radical (unpaired) electrons. The average Bonchev–Trinajstić information content (AvgIpc) is 3.14. The molecule has 1 aromatic heterocycles. The van der Waals surface area contributed by atoms with Gasteiger partial charge in [-0.05, 0) is 37.5 Å². The summed E-state index contributed by atoms with van der Waals surface area (Å²) in [6, 6.07) is 5.43. The lowest BCUT2D eigenvalue weighted by Gasteiger charge is -2.22. The third-order valence-electron chi connectivity index (χ3n) is 4.43. The summed E-state index contributed by atoms with van der Waals surface area (Å²) >= 11 is 13.2. The lowest BCUT2D eigenvalue weighted by molar-refractivity contribution is -0.119. The Morgan fingerprint density at radius 3 is 2.86 bits per heavy atom. The Bertz CT molecular complexity index is 782. The molecule has 0 unspecified atom stereocenters. The molecular weight excluding hydrogens is 421 g/mol. The summed E-state index contributed by atoms with van der Waals surface area (Å²) in [7, 11) is 0. The van der Waals surface area contributed by atoms with Crippen LogP contribution in [-0.4, -0.2) is 34.5 Å². The maximum atomic E-state index is 12.0. The minimum absolute atomic E-state index is 0.0184. The fourth-order valence-corrected chi connectivity index (χ4v) is 4.09. The highest BCUT2D eigenvalue weighted by atomic mass is 35.5. The van der Waals surface area contributed by atoms with Crippen LogP contribution in [0.3, 0.4) is 0 Å². The van der Waals surface area contributed by atoms with E-state index in [0.717, 1.165) is 12.8 Å². The van der Waals surface area contributed by atoms with Gasteiger partial charge in [-0.2, -0.15) is 0 Å². The molecule has 0 aliphatic heterocycles. The zero-order valence-corrected chi connectivity index (χ0v) is 17.8. The van der Waals surface area contributed by atoms with Crippen molar-refractivity contribution in [1.82, 2.24) is 15.5 Å².